The van der Waals surface area contributed by atoms with Gasteiger partial charge >= 0.3 is 7.12 Å². The highest BCUT2D eigenvalue weighted by Crippen LogP contribution is 2.65. The summed E-state index contributed by atoms with van der Waals surface area (Å²) in [7, 11) is -0.216. The summed E-state index contributed by atoms with van der Waals surface area (Å²) in [5.41, 5.74) is 0.311. The van der Waals surface area contributed by atoms with E-state index in [2.05, 4.69) is 20.8 Å². The molecule has 4 fully saturated rings. The van der Waals surface area contributed by atoms with Crippen molar-refractivity contribution in [3.63, 3.8) is 0 Å². The molecule has 3 aliphatic carbocycles. The third kappa shape index (κ3) is 1.23. The Morgan fingerprint density at radius 2 is 2.00 bits per heavy atom. The minimum absolute atomic E-state index is 0.0669. The minimum Gasteiger partial charge on any atom is -0.404 e. The SMILES string of the molecule is C[C@@H](Cl)B1O[C@H]2CC3CC(C3(C)C)[C@@]2(C)O1. The van der Waals surface area contributed by atoms with E-state index < -0.39 is 0 Å². The van der Waals surface area contributed by atoms with Gasteiger partial charge in [-0.3, -0.25) is 0 Å². The molecule has 3 saturated carbocycles. The van der Waals surface area contributed by atoms with E-state index >= 15 is 0 Å². The first-order valence-corrected chi connectivity index (χ1v) is 6.76. The maximum absolute atomic E-state index is 6.15. The Hall–Kier alpha value is 0.275. The molecule has 4 aliphatic rings. The second kappa shape index (κ2) is 3.18. The van der Waals surface area contributed by atoms with Gasteiger partial charge in [-0.2, -0.15) is 0 Å². The molecule has 4 heteroatoms. The fraction of sp³-hybridized carbons (Fsp3) is 1.00. The van der Waals surface area contributed by atoms with Crippen molar-refractivity contribution in [1.82, 2.24) is 0 Å². The van der Waals surface area contributed by atoms with Gasteiger partial charge in [0.25, 0.3) is 0 Å². The van der Waals surface area contributed by atoms with E-state index in [9.17, 15) is 0 Å². The van der Waals surface area contributed by atoms with Crippen molar-refractivity contribution in [2.75, 3.05) is 0 Å². The molecule has 90 valence electrons. The molecular weight excluding hydrogens is 222 g/mol. The second-order valence-electron chi connectivity index (χ2n) is 6.51. The van der Waals surface area contributed by atoms with E-state index in [1.165, 1.54) is 6.42 Å². The molecule has 5 atom stereocenters. The van der Waals surface area contributed by atoms with Crippen LogP contribution in [0, 0.1) is 17.3 Å². The first-order chi connectivity index (χ1) is 7.35. The first-order valence-electron chi connectivity index (χ1n) is 6.33. The molecule has 0 spiro atoms. The predicted molar refractivity (Wildman–Crippen MR) is 65.4 cm³/mol. The van der Waals surface area contributed by atoms with Gasteiger partial charge in [0.2, 0.25) is 0 Å². The average molecular weight is 243 g/mol. The molecule has 1 saturated heterocycles. The molecule has 4 rings (SSSR count). The molecule has 0 aromatic carbocycles. The van der Waals surface area contributed by atoms with Crippen molar-refractivity contribution >= 4 is 18.7 Å². The topological polar surface area (TPSA) is 18.5 Å². The number of halogens is 1. The summed E-state index contributed by atoms with van der Waals surface area (Å²) < 4.78 is 12.1. The minimum atomic E-state index is -0.216. The Kier molecular flexibility index (Phi) is 2.26. The summed E-state index contributed by atoms with van der Waals surface area (Å²) >= 11 is 6.09. The van der Waals surface area contributed by atoms with Gasteiger partial charge in [-0.25, -0.2) is 0 Å². The van der Waals surface area contributed by atoms with Crippen LogP contribution in [0.25, 0.3) is 0 Å². The van der Waals surface area contributed by atoms with Crippen LogP contribution in [0.4, 0.5) is 0 Å². The molecule has 2 bridgehead atoms. The quantitative estimate of drug-likeness (QED) is 0.520. The number of hydrogen-bond donors (Lipinski definition) is 0. The highest BCUT2D eigenvalue weighted by Gasteiger charge is 2.68. The first kappa shape index (κ1) is 11.4. The lowest BCUT2D eigenvalue weighted by Gasteiger charge is -2.64. The zero-order chi connectivity index (χ0) is 11.7. The summed E-state index contributed by atoms with van der Waals surface area (Å²) in [6.45, 7) is 8.91. The fourth-order valence-corrected chi connectivity index (χ4v) is 4.21. The fourth-order valence-electron chi connectivity index (χ4n) is 4.10. The van der Waals surface area contributed by atoms with Crippen LogP contribution in [0.5, 0.6) is 0 Å². The molecule has 1 heterocycles. The summed E-state index contributed by atoms with van der Waals surface area (Å²) in [4.78, 5) is 0. The van der Waals surface area contributed by atoms with Gasteiger partial charge in [0.05, 0.1) is 17.0 Å². The Bertz CT molecular complexity index is 320. The maximum atomic E-state index is 6.15. The highest BCUT2D eigenvalue weighted by atomic mass is 35.5. The summed E-state index contributed by atoms with van der Waals surface area (Å²) in [5.74, 6) is 1.44. The van der Waals surface area contributed by atoms with Crippen LogP contribution >= 0.6 is 11.6 Å². The predicted octanol–water partition coefficient (Wildman–Crippen LogP) is 2.88. The molecule has 1 aliphatic heterocycles. The van der Waals surface area contributed by atoms with Crippen LogP contribution in [0.3, 0.4) is 0 Å². The van der Waals surface area contributed by atoms with Gasteiger partial charge in [0.1, 0.15) is 0 Å². The van der Waals surface area contributed by atoms with Crippen LogP contribution in [0.1, 0.15) is 40.5 Å². The van der Waals surface area contributed by atoms with E-state index in [4.69, 9.17) is 20.9 Å². The van der Waals surface area contributed by atoms with Gasteiger partial charge in [-0.05, 0) is 37.0 Å². The maximum Gasteiger partial charge on any atom is 0.476 e. The number of rotatable bonds is 1. The molecule has 2 nitrogen and oxygen atoms in total. The summed E-state index contributed by atoms with van der Waals surface area (Å²) in [5, 5.41) is -0.0669. The third-order valence-electron chi connectivity index (χ3n) is 5.34. The number of hydrogen-bond acceptors (Lipinski definition) is 2. The molecule has 0 aromatic heterocycles. The van der Waals surface area contributed by atoms with Gasteiger partial charge in [-0.1, -0.05) is 20.8 Å². The van der Waals surface area contributed by atoms with Crippen LogP contribution in [0.15, 0.2) is 0 Å². The Balaban J connectivity index is 1.87. The van der Waals surface area contributed by atoms with E-state index in [0.717, 1.165) is 12.3 Å². The van der Waals surface area contributed by atoms with Crippen molar-refractivity contribution in [2.24, 2.45) is 17.3 Å². The van der Waals surface area contributed by atoms with Crippen LogP contribution in [0.2, 0.25) is 0 Å². The molecule has 0 aromatic rings. The Labute approximate surface area is 103 Å². The number of alkyl halides is 1. The van der Waals surface area contributed by atoms with Crippen molar-refractivity contribution in [2.45, 2.75) is 57.5 Å². The molecule has 0 amide bonds. The van der Waals surface area contributed by atoms with Gasteiger partial charge < -0.3 is 9.31 Å². The zero-order valence-electron chi connectivity index (χ0n) is 10.5. The van der Waals surface area contributed by atoms with Crippen LogP contribution in [-0.4, -0.2) is 24.1 Å². The summed E-state index contributed by atoms with van der Waals surface area (Å²) in [6.07, 6.45) is 2.70. The van der Waals surface area contributed by atoms with Crippen LogP contribution in [-0.2, 0) is 9.31 Å². The van der Waals surface area contributed by atoms with Crippen LogP contribution < -0.4 is 0 Å². The molecule has 0 N–H and O–H groups in total. The lowest BCUT2D eigenvalue weighted by Crippen LogP contribution is -2.65. The van der Waals surface area contributed by atoms with Crippen molar-refractivity contribution in [3.05, 3.63) is 0 Å². The van der Waals surface area contributed by atoms with E-state index in [-0.39, 0.29) is 24.1 Å². The van der Waals surface area contributed by atoms with Crippen molar-refractivity contribution < 1.29 is 9.31 Å². The van der Waals surface area contributed by atoms with E-state index in [0.29, 0.717) is 11.3 Å². The molecule has 0 radical (unpaired) electrons. The molecule has 2 unspecified atom stereocenters. The monoisotopic (exact) mass is 242 g/mol. The average Bonchev–Trinajstić information content (AvgIpc) is 2.54. The third-order valence-corrected chi connectivity index (χ3v) is 5.55. The Morgan fingerprint density at radius 3 is 2.56 bits per heavy atom. The van der Waals surface area contributed by atoms with Crippen molar-refractivity contribution in [1.29, 1.82) is 0 Å². The summed E-state index contributed by atoms with van der Waals surface area (Å²) in [6, 6.07) is 0. The van der Waals surface area contributed by atoms with Gasteiger partial charge in [-0.15, -0.1) is 11.6 Å². The smallest absolute Gasteiger partial charge is 0.404 e. The lowest BCUT2D eigenvalue weighted by atomic mass is 9.43. The zero-order valence-corrected chi connectivity index (χ0v) is 11.3. The largest absolute Gasteiger partial charge is 0.476 e. The normalized spacial score (nSPS) is 50.8. The van der Waals surface area contributed by atoms with Crippen molar-refractivity contribution in [3.8, 4) is 0 Å². The van der Waals surface area contributed by atoms with E-state index in [1.54, 1.807) is 0 Å². The second-order valence-corrected chi connectivity index (χ2v) is 7.20. The molecular formula is C12H20BClO2. The Morgan fingerprint density at radius 1 is 1.31 bits per heavy atom. The van der Waals surface area contributed by atoms with E-state index in [1.807, 2.05) is 6.92 Å². The lowest BCUT2D eigenvalue weighted by molar-refractivity contribution is -0.199. The molecule has 16 heavy (non-hydrogen) atoms. The van der Waals surface area contributed by atoms with Gasteiger partial charge in [0.15, 0.2) is 0 Å². The standard InChI is InChI=1S/C12H20BClO2/c1-7(14)13-15-10-6-8-5-9(11(8,2)3)12(10,4)16-13/h7-10H,5-6H2,1-4H3/t7-,8?,9?,10+,12-/m1/s1. The van der Waals surface area contributed by atoms with Gasteiger partial charge in [0, 0.05) is 0 Å². The highest BCUT2D eigenvalue weighted by molar-refractivity contribution is 6.59.